The van der Waals surface area contributed by atoms with Gasteiger partial charge in [0.15, 0.2) is 18.1 Å². The normalized spacial score (nSPS) is 18.5. The van der Waals surface area contributed by atoms with Gasteiger partial charge in [-0.2, -0.15) is 0 Å². The maximum atomic E-state index is 13.6. The van der Waals surface area contributed by atoms with E-state index in [1.807, 2.05) is 19.9 Å². The summed E-state index contributed by atoms with van der Waals surface area (Å²) in [5.41, 5.74) is 1.46. The molecule has 12 heteroatoms. The van der Waals surface area contributed by atoms with Crippen LogP contribution in [0.25, 0.3) is 0 Å². The molecule has 3 heterocycles. The SMILES string of the molecule is CCOC(=O)C1(CCC(C)C)CNC(=O)CCCN(C(=O)CCc2c(C)noc2C)CCNC(=O)COc2ccc(cc2OC)C1. The molecule has 0 fully saturated rings. The Morgan fingerprint density at radius 2 is 1.91 bits per heavy atom. The Balaban J connectivity index is 1.85. The molecule has 2 aliphatic rings. The summed E-state index contributed by atoms with van der Waals surface area (Å²) in [6.07, 6.45) is 2.87. The van der Waals surface area contributed by atoms with Crippen molar-refractivity contribution in [2.75, 3.05) is 46.5 Å². The van der Waals surface area contributed by atoms with Gasteiger partial charge in [0.2, 0.25) is 11.8 Å². The van der Waals surface area contributed by atoms with Crippen molar-refractivity contribution >= 4 is 23.7 Å². The predicted octanol–water partition coefficient (Wildman–Crippen LogP) is 3.69. The Morgan fingerprint density at radius 1 is 1.13 bits per heavy atom. The van der Waals surface area contributed by atoms with E-state index in [-0.39, 0.29) is 69.4 Å². The number of rotatable bonds is 9. The molecule has 2 aromatic rings. The van der Waals surface area contributed by atoms with Gasteiger partial charge in [-0.15, -0.1) is 0 Å². The molecule has 1 aromatic carbocycles. The number of aromatic nitrogens is 1. The van der Waals surface area contributed by atoms with Gasteiger partial charge in [-0.1, -0.05) is 25.1 Å². The third kappa shape index (κ3) is 10.5. The zero-order valence-corrected chi connectivity index (χ0v) is 28.2. The summed E-state index contributed by atoms with van der Waals surface area (Å²) in [4.78, 5) is 54.3. The van der Waals surface area contributed by atoms with Gasteiger partial charge in [-0.3, -0.25) is 19.2 Å². The summed E-state index contributed by atoms with van der Waals surface area (Å²) < 4.78 is 22.2. The number of fused-ring (bicyclic) bond motifs is 16. The van der Waals surface area contributed by atoms with E-state index in [1.54, 1.807) is 24.0 Å². The fraction of sp³-hybridized carbons (Fsp3) is 0.618. The maximum absolute atomic E-state index is 13.6. The number of nitrogens with one attached hydrogen (secondary N) is 2. The first kappa shape index (κ1) is 36.4. The monoisotopic (exact) mass is 642 g/mol. The number of hydrogen-bond acceptors (Lipinski definition) is 9. The van der Waals surface area contributed by atoms with Gasteiger partial charge in [-0.05, 0) is 76.5 Å². The van der Waals surface area contributed by atoms with Crippen LogP contribution >= 0.6 is 0 Å². The van der Waals surface area contributed by atoms with Gasteiger partial charge in [0.25, 0.3) is 5.91 Å². The largest absolute Gasteiger partial charge is 0.493 e. The average Bonchev–Trinajstić information content (AvgIpc) is 3.35. The van der Waals surface area contributed by atoms with Gasteiger partial charge >= 0.3 is 5.97 Å². The van der Waals surface area contributed by atoms with Crippen LogP contribution < -0.4 is 20.1 Å². The number of esters is 1. The number of carbonyl (C=O) groups excluding carboxylic acids is 4. The minimum absolute atomic E-state index is 0.101. The van der Waals surface area contributed by atoms with Crippen molar-refractivity contribution in [1.29, 1.82) is 0 Å². The molecule has 0 saturated carbocycles. The minimum Gasteiger partial charge on any atom is -0.493 e. The lowest BCUT2D eigenvalue weighted by Gasteiger charge is -2.33. The first-order valence-corrected chi connectivity index (χ1v) is 16.2. The van der Waals surface area contributed by atoms with Crippen molar-refractivity contribution in [3.05, 3.63) is 40.8 Å². The zero-order chi connectivity index (χ0) is 33.7. The second-order valence-corrected chi connectivity index (χ2v) is 12.3. The Morgan fingerprint density at radius 3 is 2.59 bits per heavy atom. The Labute approximate surface area is 271 Å². The third-order valence-electron chi connectivity index (χ3n) is 8.32. The molecule has 46 heavy (non-hydrogen) atoms. The van der Waals surface area contributed by atoms with Crippen molar-refractivity contribution in [2.24, 2.45) is 11.3 Å². The molecule has 0 aliphatic carbocycles. The number of aryl methyl sites for hydroxylation is 2. The van der Waals surface area contributed by atoms with Crippen LogP contribution in [0, 0.1) is 25.2 Å². The van der Waals surface area contributed by atoms with Crippen LogP contribution in [0.15, 0.2) is 22.7 Å². The zero-order valence-electron chi connectivity index (χ0n) is 28.2. The summed E-state index contributed by atoms with van der Waals surface area (Å²) in [7, 11) is 1.51. The number of benzene rings is 1. The minimum atomic E-state index is -1.01. The van der Waals surface area contributed by atoms with E-state index in [0.717, 1.165) is 23.2 Å². The molecule has 0 spiro atoms. The summed E-state index contributed by atoms with van der Waals surface area (Å²) in [6, 6.07) is 5.34. The smallest absolute Gasteiger partial charge is 0.314 e. The van der Waals surface area contributed by atoms with Gasteiger partial charge < -0.3 is 34.3 Å². The average molecular weight is 643 g/mol. The van der Waals surface area contributed by atoms with Crippen LogP contribution in [0.2, 0.25) is 0 Å². The van der Waals surface area contributed by atoms with Gasteiger partial charge in [0.05, 0.1) is 24.8 Å². The van der Waals surface area contributed by atoms with E-state index < -0.39 is 5.41 Å². The van der Waals surface area contributed by atoms with Crippen LogP contribution in [-0.2, 0) is 36.8 Å². The van der Waals surface area contributed by atoms with Crippen molar-refractivity contribution in [3.8, 4) is 11.5 Å². The van der Waals surface area contributed by atoms with E-state index in [0.29, 0.717) is 55.4 Å². The van der Waals surface area contributed by atoms with E-state index in [9.17, 15) is 19.2 Å². The second-order valence-electron chi connectivity index (χ2n) is 12.3. The van der Waals surface area contributed by atoms with Crippen molar-refractivity contribution in [2.45, 2.75) is 79.6 Å². The molecule has 0 radical (unpaired) electrons. The predicted molar refractivity (Wildman–Crippen MR) is 171 cm³/mol. The lowest BCUT2D eigenvalue weighted by Crippen LogP contribution is -2.46. The molecule has 1 aromatic heterocycles. The fourth-order valence-electron chi connectivity index (χ4n) is 5.59. The molecule has 2 aliphatic heterocycles. The summed E-state index contributed by atoms with van der Waals surface area (Å²) in [5.74, 6) is 0.788. The number of ether oxygens (including phenoxy) is 3. The molecule has 1 unspecified atom stereocenters. The highest BCUT2D eigenvalue weighted by Gasteiger charge is 2.40. The highest BCUT2D eigenvalue weighted by atomic mass is 16.5. The third-order valence-corrected chi connectivity index (χ3v) is 8.32. The number of methoxy groups -OCH3 is 1. The molecular weight excluding hydrogens is 592 g/mol. The number of amides is 3. The number of hydrogen-bond donors (Lipinski definition) is 2. The van der Waals surface area contributed by atoms with Crippen LogP contribution in [0.5, 0.6) is 11.5 Å². The molecule has 4 rings (SSSR count). The Bertz CT molecular complexity index is 1320. The number of nitrogens with zero attached hydrogens (tertiary/aromatic N) is 2. The topological polar surface area (TPSA) is 149 Å². The first-order chi connectivity index (χ1) is 22.0. The summed E-state index contributed by atoms with van der Waals surface area (Å²) in [6.45, 7) is 10.5. The molecule has 2 bridgehead atoms. The van der Waals surface area contributed by atoms with E-state index >= 15 is 0 Å². The van der Waals surface area contributed by atoms with Crippen LogP contribution in [0.4, 0.5) is 0 Å². The lowest BCUT2D eigenvalue weighted by molar-refractivity contribution is -0.156. The quantitative estimate of drug-likeness (QED) is 0.309. The maximum Gasteiger partial charge on any atom is 0.314 e. The van der Waals surface area contributed by atoms with Gasteiger partial charge in [0.1, 0.15) is 5.76 Å². The standard InChI is InChI=1S/C34H50N4O8/c1-7-44-33(42)34(15-14-23(2)3)20-26-10-12-28(29(19-26)43-6)45-21-31(40)35-16-18-38(17-8-9-30(39)36-22-34)32(41)13-11-27-24(4)37-46-25(27)5/h10,12,19,23H,7-9,11,13-18,20-22H2,1-6H3,(H,35,40)(H,36,39). The number of carbonyl (C=O) groups is 4. The van der Waals surface area contributed by atoms with Crippen LogP contribution in [0.3, 0.4) is 0 Å². The van der Waals surface area contributed by atoms with Gasteiger partial charge in [-0.25, -0.2) is 0 Å². The molecular formula is C34H50N4O8. The molecule has 0 saturated heterocycles. The van der Waals surface area contributed by atoms with Gasteiger partial charge in [0, 0.05) is 44.6 Å². The summed E-state index contributed by atoms with van der Waals surface area (Å²) >= 11 is 0. The van der Waals surface area contributed by atoms with Crippen molar-refractivity contribution in [1.82, 2.24) is 20.7 Å². The van der Waals surface area contributed by atoms with E-state index in [1.165, 1.54) is 7.11 Å². The molecule has 3 amide bonds. The highest BCUT2D eigenvalue weighted by molar-refractivity contribution is 5.81. The van der Waals surface area contributed by atoms with Crippen molar-refractivity contribution < 1.29 is 37.9 Å². The Kier molecular flexibility index (Phi) is 13.9. The molecule has 12 nitrogen and oxygen atoms in total. The lowest BCUT2D eigenvalue weighted by atomic mass is 9.76. The molecule has 1 atom stereocenters. The fourth-order valence-corrected chi connectivity index (χ4v) is 5.59. The van der Waals surface area contributed by atoms with Crippen LogP contribution in [0.1, 0.15) is 75.5 Å². The van der Waals surface area contributed by atoms with E-state index in [4.69, 9.17) is 18.7 Å². The summed E-state index contributed by atoms with van der Waals surface area (Å²) in [5, 5.41) is 9.78. The molecule has 254 valence electrons. The first-order valence-electron chi connectivity index (χ1n) is 16.2. The van der Waals surface area contributed by atoms with Crippen molar-refractivity contribution in [3.63, 3.8) is 0 Å². The Hall–Kier alpha value is -4.09. The molecule has 2 N–H and O–H groups in total. The second kappa shape index (κ2) is 17.6. The van der Waals surface area contributed by atoms with E-state index in [2.05, 4.69) is 29.6 Å². The van der Waals surface area contributed by atoms with Crippen LogP contribution in [-0.4, -0.2) is 80.3 Å². The highest BCUT2D eigenvalue weighted by Crippen LogP contribution is 2.35.